The highest BCUT2D eigenvalue weighted by atomic mass is 79.9. The predicted octanol–water partition coefficient (Wildman–Crippen LogP) is 4.52. The molecular formula is C21H20BrN5O3. The second-order valence-electron chi connectivity index (χ2n) is 7.41. The molecule has 1 unspecified atom stereocenters. The highest BCUT2D eigenvalue weighted by Crippen LogP contribution is 2.38. The first kappa shape index (κ1) is 20.2. The summed E-state index contributed by atoms with van der Waals surface area (Å²) in [7, 11) is 0. The van der Waals surface area contributed by atoms with Crippen LogP contribution >= 0.6 is 15.9 Å². The Kier molecular flexibility index (Phi) is 5.63. The van der Waals surface area contributed by atoms with E-state index in [1.165, 1.54) is 16.8 Å². The van der Waals surface area contributed by atoms with Gasteiger partial charge in [0.25, 0.3) is 11.6 Å². The lowest BCUT2D eigenvalue weighted by Crippen LogP contribution is -2.36. The lowest BCUT2D eigenvalue weighted by molar-refractivity contribution is -0.384. The van der Waals surface area contributed by atoms with Crippen LogP contribution in [0.1, 0.15) is 47.1 Å². The molecule has 0 spiro atoms. The lowest BCUT2D eigenvalue weighted by atomic mass is 9.77. The first-order valence-corrected chi connectivity index (χ1v) is 10.5. The van der Waals surface area contributed by atoms with Gasteiger partial charge in [-0.3, -0.25) is 14.9 Å². The SMILES string of the molecule is Cc1c(C(=O)NC(c2ccc(Br)cc2)C2CCC2)nnn1-c1cccc([N+](=O)[O-])c1. The number of carbonyl (C=O) groups is 1. The molecule has 154 valence electrons. The second kappa shape index (κ2) is 8.35. The van der Waals surface area contributed by atoms with E-state index in [4.69, 9.17) is 0 Å². The molecule has 1 N–H and O–H groups in total. The van der Waals surface area contributed by atoms with Crippen molar-refractivity contribution >= 4 is 27.5 Å². The van der Waals surface area contributed by atoms with E-state index in [2.05, 4.69) is 31.6 Å². The molecule has 1 aromatic heterocycles. The van der Waals surface area contributed by atoms with Crippen molar-refractivity contribution in [2.45, 2.75) is 32.2 Å². The summed E-state index contributed by atoms with van der Waals surface area (Å²) in [5.41, 5.74) is 2.23. The molecule has 1 fully saturated rings. The molecule has 1 atom stereocenters. The van der Waals surface area contributed by atoms with E-state index in [0.717, 1.165) is 29.3 Å². The number of rotatable bonds is 6. The summed E-state index contributed by atoms with van der Waals surface area (Å²) in [6.07, 6.45) is 3.30. The minimum atomic E-state index is -0.467. The smallest absolute Gasteiger partial charge is 0.274 e. The Morgan fingerprint density at radius 2 is 2.00 bits per heavy atom. The summed E-state index contributed by atoms with van der Waals surface area (Å²) in [6.45, 7) is 1.73. The zero-order valence-corrected chi connectivity index (χ0v) is 17.9. The largest absolute Gasteiger partial charge is 0.343 e. The fourth-order valence-corrected chi connectivity index (χ4v) is 3.91. The Bertz CT molecular complexity index is 1090. The fraction of sp³-hybridized carbons (Fsp3) is 0.286. The quantitative estimate of drug-likeness (QED) is 0.422. The summed E-state index contributed by atoms with van der Waals surface area (Å²) in [4.78, 5) is 23.6. The maximum atomic E-state index is 13.0. The molecule has 2 aromatic carbocycles. The average Bonchev–Trinajstić information content (AvgIpc) is 3.08. The van der Waals surface area contributed by atoms with Crippen molar-refractivity contribution in [3.05, 3.63) is 80.1 Å². The normalized spacial score (nSPS) is 14.7. The van der Waals surface area contributed by atoms with Gasteiger partial charge in [0.2, 0.25) is 0 Å². The van der Waals surface area contributed by atoms with Crippen LogP contribution in [0.15, 0.2) is 53.0 Å². The maximum Gasteiger partial charge on any atom is 0.274 e. The molecule has 0 radical (unpaired) electrons. The zero-order valence-electron chi connectivity index (χ0n) is 16.3. The van der Waals surface area contributed by atoms with E-state index in [9.17, 15) is 14.9 Å². The molecule has 1 aliphatic carbocycles. The van der Waals surface area contributed by atoms with Crippen molar-refractivity contribution in [1.29, 1.82) is 0 Å². The Labute approximate surface area is 181 Å². The van der Waals surface area contributed by atoms with E-state index in [1.54, 1.807) is 19.1 Å². The van der Waals surface area contributed by atoms with Crippen LogP contribution in [0.25, 0.3) is 5.69 Å². The molecule has 30 heavy (non-hydrogen) atoms. The monoisotopic (exact) mass is 469 g/mol. The molecule has 9 heteroatoms. The van der Waals surface area contributed by atoms with Crippen molar-refractivity contribution in [2.24, 2.45) is 5.92 Å². The van der Waals surface area contributed by atoms with Gasteiger partial charge in [0, 0.05) is 16.6 Å². The molecule has 0 bridgehead atoms. The summed E-state index contributed by atoms with van der Waals surface area (Å²) >= 11 is 3.45. The summed E-state index contributed by atoms with van der Waals surface area (Å²) in [5, 5.41) is 22.3. The van der Waals surface area contributed by atoms with Crippen molar-refractivity contribution in [2.75, 3.05) is 0 Å². The molecule has 1 amide bonds. The number of nitrogens with one attached hydrogen (secondary N) is 1. The molecule has 8 nitrogen and oxygen atoms in total. The van der Waals surface area contributed by atoms with Crippen LogP contribution < -0.4 is 5.32 Å². The van der Waals surface area contributed by atoms with Crippen molar-refractivity contribution in [3.8, 4) is 5.69 Å². The molecule has 1 heterocycles. The molecule has 3 aromatic rings. The number of nitro benzene ring substituents is 1. The van der Waals surface area contributed by atoms with Crippen LogP contribution in [0.2, 0.25) is 0 Å². The van der Waals surface area contributed by atoms with Gasteiger partial charge in [-0.2, -0.15) is 0 Å². The highest BCUT2D eigenvalue weighted by molar-refractivity contribution is 9.10. The number of non-ortho nitro benzene ring substituents is 1. The van der Waals surface area contributed by atoms with Crippen LogP contribution in [0.5, 0.6) is 0 Å². The van der Waals surface area contributed by atoms with E-state index < -0.39 is 4.92 Å². The van der Waals surface area contributed by atoms with E-state index in [-0.39, 0.29) is 23.3 Å². The Hall–Kier alpha value is -3.07. The van der Waals surface area contributed by atoms with Gasteiger partial charge in [0.1, 0.15) is 0 Å². The molecule has 4 rings (SSSR count). The van der Waals surface area contributed by atoms with Crippen molar-refractivity contribution in [1.82, 2.24) is 20.3 Å². The number of amides is 1. The molecule has 1 saturated carbocycles. The highest BCUT2D eigenvalue weighted by Gasteiger charge is 2.31. The maximum absolute atomic E-state index is 13.0. The van der Waals surface area contributed by atoms with Crippen LogP contribution in [0.4, 0.5) is 5.69 Å². The number of benzene rings is 2. The summed E-state index contributed by atoms with van der Waals surface area (Å²) in [5.74, 6) is 0.0891. The first-order chi connectivity index (χ1) is 14.4. The Morgan fingerprint density at radius 3 is 2.63 bits per heavy atom. The third-order valence-corrected chi connectivity index (χ3v) is 6.06. The average molecular weight is 470 g/mol. The third-order valence-electron chi connectivity index (χ3n) is 5.53. The van der Waals surface area contributed by atoms with Gasteiger partial charge in [0.15, 0.2) is 5.69 Å². The number of aromatic nitrogens is 3. The van der Waals surface area contributed by atoms with Gasteiger partial charge in [-0.05, 0) is 49.4 Å². The number of nitro groups is 1. The van der Waals surface area contributed by atoms with Gasteiger partial charge in [-0.25, -0.2) is 4.68 Å². The Balaban J connectivity index is 1.59. The van der Waals surface area contributed by atoms with E-state index in [1.807, 2.05) is 24.3 Å². The molecule has 0 saturated heterocycles. The van der Waals surface area contributed by atoms with E-state index in [0.29, 0.717) is 17.3 Å². The fourth-order valence-electron chi connectivity index (χ4n) is 3.65. The number of halogens is 1. The summed E-state index contributed by atoms with van der Waals surface area (Å²) in [6, 6.07) is 14.0. The number of carbonyl (C=O) groups excluding carboxylic acids is 1. The van der Waals surface area contributed by atoms with Crippen LogP contribution in [-0.2, 0) is 0 Å². The van der Waals surface area contributed by atoms with E-state index >= 15 is 0 Å². The zero-order chi connectivity index (χ0) is 21.3. The second-order valence-corrected chi connectivity index (χ2v) is 8.32. The number of hydrogen-bond donors (Lipinski definition) is 1. The number of nitrogens with zero attached hydrogens (tertiary/aromatic N) is 4. The van der Waals surface area contributed by atoms with Gasteiger partial charge in [0.05, 0.1) is 22.3 Å². The van der Waals surface area contributed by atoms with Gasteiger partial charge in [-0.15, -0.1) is 5.10 Å². The van der Waals surface area contributed by atoms with Crippen LogP contribution in [-0.4, -0.2) is 25.8 Å². The predicted molar refractivity (Wildman–Crippen MR) is 114 cm³/mol. The molecular weight excluding hydrogens is 450 g/mol. The molecule has 0 aliphatic heterocycles. The minimum Gasteiger partial charge on any atom is -0.343 e. The Morgan fingerprint density at radius 1 is 1.27 bits per heavy atom. The van der Waals surface area contributed by atoms with Crippen molar-refractivity contribution in [3.63, 3.8) is 0 Å². The minimum absolute atomic E-state index is 0.0475. The lowest BCUT2D eigenvalue weighted by Gasteiger charge is -2.34. The van der Waals surface area contributed by atoms with Gasteiger partial charge < -0.3 is 5.32 Å². The number of hydrogen-bond acceptors (Lipinski definition) is 5. The van der Waals surface area contributed by atoms with Crippen LogP contribution in [0, 0.1) is 23.0 Å². The van der Waals surface area contributed by atoms with Crippen molar-refractivity contribution < 1.29 is 9.72 Å². The topological polar surface area (TPSA) is 103 Å². The third kappa shape index (κ3) is 3.97. The molecule has 1 aliphatic rings. The van der Waals surface area contributed by atoms with Gasteiger partial charge >= 0.3 is 0 Å². The summed E-state index contributed by atoms with van der Waals surface area (Å²) < 4.78 is 2.43. The standard InChI is InChI=1S/C21H20BrN5O3/c1-13-19(24-25-26(13)17-6-3-7-18(12-17)27(29)30)21(28)23-20(14-4-2-5-14)15-8-10-16(22)11-9-15/h3,6-12,14,20H,2,4-5H2,1H3,(H,23,28). The van der Waals surface area contributed by atoms with Gasteiger partial charge in [-0.1, -0.05) is 45.8 Å². The first-order valence-electron chi connectivity index (χ1n) is 9.67. The van der Waals surface area contributed by atoms with Crippen LogP contribution in [0.3, 0.4) is 0 Å².